The van der Waals surface area contributed by atoms with Crippen LogP contribution in [0.2, 0.25) is 0 Å². The predicted molar refractivity (Wildman–Crippen MR) is 103 cm³/mol. The molecule has 0 saturated heterocycles. The van der Waals surface area contributed by atoms with Gasteiger partial charge in [0.15, 0.2) is 0 Å². The van der Waals surface area contributed by atoms with E-state index in [1.807, 2.05) is 12.1 Å². The quantitative estimate of drug-likeness (QED) is 0.607. The number of rotatable bonds is 6. The van der Waals surface area contributed by atoms with Crippen molar-refractivity contribution in [3.63, 3.8) is 0 Å². The normalized spacial score (nSPS) is 11.2. The molecule has 136 valence electrons. The number of hydrogen-bond acceptors (Lipinski definition) is 7. The van der Waals surface area contributed by atoms with E-state index in [1.54, 1.807) is 25.3 Å². The number of benzene rings is 2. The van der Waals surface area contributed by atoms with Gasteiger partial charge in [0.05, 0.1) is 23.6 Å². The average molecular weight is 456 g/mol. The zero-order valence-electron chi connectivity index (χ0n) is 13.8. The van der Waals surface area contributed by atoms with Gasteiger partial charge in [-0.25, -0.2) is 8.42 Å². The Morgan fingerprint density at radius 1 is 1.04 bits per heavy atom. The SMILES string of the molecule is COc1ccc(-c2nnc(NS(=O)(=O)c3ccc(OC)c(Br)c3)s2)cc1. The lowest BCUT2D eigenvalue weighted by Crippen LogP contribution is -2.12. The molecule has 26 heavy (non-hydrogen) atoms. The van der Waals surface area contributed by atoms with Gasteiger partial charge in [0.1, 0.15) is 16.5 Å². The van der Waals surface area contributed by atoms with Crippen molar-refractivity contribution in [2.75, 3.05) is 18.9 Å². The van der Waals surface area contributed by atoms with Gasteiger partial charge in [-0.15, -0.1) is 10.2 Å². The molecule has 0 saturated carbocycles. The number of hydrogen-bond donors (Lipinski definition) is 1. The predicted octanol–water partition coefficient (Wildman–Crippen LogP) is 3.79. The average Bonchev–Trinajstić information content (AvgIpc) is 3.09. The Labute approximate surface area is 163 Å². The van der Waals surface area contributed by atoms with Crippen molar-refractivity contribution < 1.29 is 17.9 Å². The van der Waals surface area contributed by atoms with E-state index in [-0.39, 0.29) is 10.0 Å². The molecular formula is C16H14BrN3O4S2. The lowest BCUT2D eigenvalue weighted by molar-refractivity contribution is 0.411. The Hall–Kier alpha value is -2.17. The number of anilines is 1. The molecule has 1 N–H and O–H groups in total. The van der Waals surface area contributed by atoms with E-state index in [1.165, 1.54) is 19.2 Å². The number of nitrogens with zero attached hydrogens (tertiary/aromatic N) is 2. The van der Waals surface area contributed by atoms with Crippen molar-refractivity contribution in [1.29, 1.82) is 0 Å². The zero-order chi connectivity index (χ0) is 18.7. The fourth-order valence-corrected chi connectivity index (χ4v) is 4.80. The van der Waals surface area contributed by atoms with Crippen LogP contribution in [0.3, 0.4) is 0 Å². The van der Waals surface area contributed by atoms with Crippen LogP contribution < -0.4 is 14.2 Å². The van der Waals surface area contributed by atoms with Crippen LogP contribution >= 0.6 is 27.3 Å². The maximum absolute atomic E-state index is 12.5. The molecular weight excluding hydrogens is 442 g/mol. The van der Waals surface area contributed by atoms with Crippen LogP contribution in [0.25, 0.3) is 10.6 Å². The highest BCUT2D eigenvalue weighted by molar-refractivity contribution is 9.10. The molecule has 3 aromatic rings. The van der Waals surface area contributed by atoms with E-state index < -0.39 is 10.0 Å². The van der Waals surface area contributed by atoms with Gasteiger partial charge in [-0.3, -0.25) is 4.72 Å². The smallest absolute Gasteiger partial charge is 0.263 e. The van der Waals surface area contributed by atoms with Gasteiger partial charge >= 0.3 is 0 Å². The van der Waals surface area contributed by atoms with Crippen LogP contribution in [0, 0.1) is 0 Å². The first-order valence-corrected chi connectivity index (χ1v) is 10.4. The monoisotopic (exact) mass is 455 g/mol. The van der Waals surface area contributed by atoms with Crippen molar-refractivity contribution >= 4 is 42.4 Å². The van der Waals surface area contributed by atoms with E-state index in [2.05, 4.69) is 30.8 Å². The summed E-state index contributed by atoms with van der Waals surface area (Å²) in [5.74, 6) is 1.27. The summed E-state index contributed by atoms with van der Waals surface area (Å²) in [6.07, 6.45) is 0. The highest BCUT2D eigenvalue weighted by atomic mass is 79.9. The van der Waals surface area contributed by atoms with Gasteiger partial charge in [-0.2, -0.15) is 0 Å². The van der Waals surface area contributed by atoms with E-state index >= 15 is 0 Å². The summed E-state index contributed by atoms with van der Waals surface area (Å²) < 4.78 is 38.3. The van der Waals surface area contributed by atoms with Gasteiger partial charge in [0.25, 0.3) is 10.0 Å². The molecule has 3 rings (SSSR count). The molecule has 0 radical (unpaired) electrons. The van der Waals surface area contributed by atoms with Gasteiger partial charge in [-0.1, -0.05) is 11.3 Å². The molecule has 0 spiro atoms. The van der Waals surface area contributed by atoms with E-state index in [0.29, 0.717) is 15.2 Å². The summed E-state index contributed by atoms with van der Waals surface area (Å²) in [6, 6.07) is 11.8. The molecule has 10 heteroatoms. The molecule has 1 heterocycles. The molecule has 1 aromatic heterocycles. The third-order valence-electron chi connectivity index (χ3n) is 3.42. The Morgan fingerprint density at radius 2 is 1.77 bits per heavy atom. The number of ether oxygens (including phenoxy) is 2. The largest absolute Gasteiger partial charge is 0.497 e. The molecule has 0 amide bonds. The second-order valence-corrected chi connectivity index (χ2v) is 8.56. The molecule has 0 fully saturated rings. The van der Waals surface area contributed by atoms with Crippen LogP contribution in [0.5, 0.6) is 11.5 Å². The Bertz CT molecular complexity index is 1020. The number of halogens is 1. The first-order valence-electron chi connectivity index (χ1n) is 7.27. The van der Waals surface area contributed by atoms with Gasteiger partial charge < -0.3 is 9.47 Å². The van der Waals surface area contributed by atoms with Crippen LogP contribution in [0.1, 0.15) is 0 Å². The highest BCUT2D eigenvalue weighted by Crippen LogP contribution is 2.31. The standard InChI is InChI=1S/C16H14BrN3O4S2/c1-23-11-5-3-10(4-6-11)15-18-19-16(25-15)20-26(21,22)12-7-8-14(24-2)13(17)9-12/h3-9H,1-2H3,(H,19,20). The number of nitrogens with one attached hydrogen (secondary N) is 1. The lowest BCUT2D eigenvalue weighted by Gasteiger charge is -2.07. The van der Waals surface area contributed by atoms with E-state index in [9.17, 15) is 8.42 Å². The Balaban J connectivity index is 1.82. The van der Waals surface area contributed by atoms with Gasteiger partial charge in [-0.05, 0) is 58.4 Å². The van der Waals surface area contributed by atoms with Gasteiger partial charge in [0.2, 0.25) is 5.13 Å². The molecule has 0 atom stereocenters. The number of aromatic nitrogens is 2. The van der Waals surface area contributed by atoms with Crippen molar-refractivity contribution in [2.24, 2.45) is 0 Å². The summed E-state index contributed by atoms with van der Waals surface area (Å²) in [5.41, 5.74) is 0.820. The Kier molecular flexibility index (Phi) is 5.44. The van der Waals surface area contributed by atoms with Crippen molar-refractivity contribution in [3.8, 4) is 22.1 Å². The molecule has 2 aromatic carbocycles. The maximum atomic E-state index is 12.5. The lowest BCUT2D eigenvalue weighted by atomic mass is 10.2. The van der Waals surface area contributed by atoms with Crippen molar-refractivity contribution in [1.82, 2.24) is 10.2 Å². The summed E-state index contributed by atoms with van der Waals surface area (Å²) in [7, 11) is -0.692. The second-order valence-electron chi connectivity index (χ2n) is 5.04. The summed E-state index contributed by atoms with van der Waals surface area (Å²) in [4.78, 5) is 0.0892. The molecule has 0 aliphatic heterocycles. The summed E-state index contributed by atoms with van der Waals surface area (Å²) >= 11 is 4.42. The molecule has 0 bridgehead atoms. The maximum Gasteiger partial charge on any atom is 0.263 e. The second kappa shape index (κ2) is 7.60. The third kappa shape index (κ3) is 3.97. The first-order chi connectivity index (χ1) is 12.4. The number of sulfonamides is 1. The number of methoxy groups -OCH3 is 2. The van der Waals surface area contributed by atoms with Crippen LogP contribution in [-0.2, 0) is 10.0 Å². The van der Waals surface area contributed by atoms with Crippen LogP contribution in [0.15, 0.2) is 51.8 Å². The molecule has 0 unspecified atom stereocenters. The Morgan fingerprint density at radius 3 is 2.38 bits per heavy atom. The topological polar surface area (TPSA) is 90.4 Å². The van der Waals surface area contributed by atoms with E-state index in [4.69, 9.17) is 9.47 Å². The highest BCUT2D eigenvalue weighted by Gasteiger charge is 2.18. The molecule has 0 aliphatic carbocycles. The van der Waals surface area contributed by atoms with Crippen LogP contribution in [0.4, 0.5) is 5.13 Å². The van der Waals surface area contributed by atoms with Crippen molar-refractivity contribution in [2.45, 2.75) is 4.90 Å². The third-order valence-corrected chi connectivity index (χ3v) is 6.39. The van der Waals surface area contributed by atoms with Gasteiger partial charge in [0, 0.05) is 5.56 Å². The molecule has 0 aliphatic rings. The summed E-state index contributed by atoms with van der Waals surface area (Å²) in [5, 5.41) is 8.73. The first kappa shape index (κ1) is 18.6. The minimum absolute atomic E-state index is 0.0892. The van der Waals surface area contributed by atoms with Crippen molar-refractivity contribution in [3.05, 3.63) is 46.9 Å². The zero-order valence-corrected chi connectivity index (χ0v) is 17.0. The minimum atomic E-state index is -3.79. The van der Waals surface area contributed by atoms with E-state index in [0.717, 1.165) is 22.6 Å². The fraction of sp³-hybridized carbons (Fsp3) is 0.125. The fourth-order valence-electron chi connectivity index (χ4n) is 2.10. The summed E-state index contributed by atoms with van der Waals surface area (Å²) in [6.45, 7) is 0. The molecule has 7 nitrogen and oxygen atoms in total. The minimum Gasteiger partial charge on any atom is -0.497 e. The van der Waals surface area contributed by atoms with Crippen LogP contribution in [-0.4, -0.2) is 32.8 Å².